The second kappa shape index (κ2) is 25.0. The molecule has 0 unspecified atom stereocenters. The van der Waals surface area contributed by atoms with Crippen LogP contribution in [0.15, 0.2) is 0 Å². The van der Waals surface area contributed by atoms with Crippen molar-refractivity contribution in [2.45, 2.75) is 0 Å². The van der Waals surface area contributed by atoms with Crippen molar-refractivity contribution in [2.75, 3.05) is 0 Å². The fraction of sp³-hybridized carbons (Fsp3) is 0. The first-order valence-electron chi connectivity index (χ1n) is 1.50. The second-order valence-corrected chi connectivity index (χ2v) is 1.84. The van der Waals surface area contributed by atoms with E-state index in [2.05, 4.69) is 0 Å². The van der Waals surface area contributed by atoms with E-state index in [4.69, 9.17) is 39.9 Å². The van der Waals surface area contributed by atoms with Crippen molar-refractivity contribution >= 4 is 34.1 Å². The van der Waals surface area contributed by atoms with Crippen LogP contribution in [0.2, 0.25) is 0 Å². The van der Waals surface area contributed by atoms with Gasteiger partial charge in [0, 0.05) is 0 Å². The monoisotopic (exact) mass is 520 g/mol. The zero-order valence-corrected chi connectivity index (χ0v) is 14.6. The molecular weight excluding hydrogens is 520 g/mol. The van der Waals surface area contributed by atoms with Gasteiger partial charge in [0.2, 0.25) is 0 Å². The minimum absolute atomic E-state index is 0. The Hall–Kier alpha value is 2.96. The van der Waals surface area contributed by atoms with Gasteiger partial charge in [-0.15, -0.1) is 34.1 Å². The Morgan fingerprint density at radius 2 is 0.500 bits per heavy atom. The summed E-state index contributed by atoms with van der Waals surface area (Å²) in [4.78, 5) is 0. The third-order valence-corrected chi connectivity index (χ3v) is 0. The van der Waals surface area contributed by atoms with Crippen LogP contribution in [0.5, 0.6) is 0 Å². The summed E-state index contributed by atoms with van der Waals surface area (Å²) in [6.07, 6.45) is 0. The van der Waals surface area contributed by atoms with E-state index in [1.165, 1.54) is 0 Å². The molecule has 0 saturated carbocycles. The molecule has 0 aromatic heterocycles. The predicted molar refractivity (Wildman–Crippen MR) is 29.1 cm³/mol. The van der Waals surface area contributed by atoms with Gasteiger partial charge in [0.05, 0.1) is 0 Å². The van der Waals surface area contributed by atoms with Crippen LogP contribution in [0.3, 0.4) is 0 Å². The standard InChI is InChI=1S/2Ce.3H2O3S/c;;3*1-4(2)3/h;;3*(H2,1,2,3)/q2*+3;;;/p-6. The molecule has 0 amide bonds. The minimum atomic E-state index is -3.11. The first kappa shape index (κ1) is 30.2. The van der Waals surface area contributed by atoms with Crippen LogP contribution < -0.4 is 0 Å². The van der Waals surface area contributed by atoms with Crippen molar-refractivity contribution in [3.8, 4) is 0 Å². The third kappa shape index (κ3) is 332. The Balaban J connectivity index is -0.0000000270. The van der Waals surface area contributed by atoms with Gasteiger partial charge in [0.1, 0.15) is 0 Å². The smallest absolute Gasteiger partial charge is 0.784 e. The zero-order chi connectivity index (χ0) is 10.7. The average Bonchev–Trinajstić information content (AvgIpc) is 1.54. The van der Waals surface area contributed by atoms with Gasteiger partial charge in [-0.25, -0.2) is 0 Å². The number of hydrogen-bond acceptors (Lipinski definition) is 9. The van der Waals surface area contributed by atoms with Crippen molar-refractivity contribution in [3.05, 3.63) is 0 Å². The Kier molecular flexibility index (Phi) is 53.9. The van der Waals surface area contributed by atoms with E-state index in [9.17, 15) is 0 Å². The fourth-order valence-corrected chi connectivity index (χ4v) is 0. The van der Waals surface area contributed by atoms with Crippen molar-refractivity contribution in [3.63, 3.8) is 0 Å². The van der Waals surface area contributed by atoms with Crippen molar-refractivity contribution in [1.29, 1.82) is 0 Å². The van der Waals surface area contributed by atoms with E-state index in [-0.39, 0.29) is 83.5 Å². The maximum absolute atomic E-state index is 8.44. The maximum Gasteiger partial charge on any atom is 3.00 e. The van der Waals surface area contributed by atoms with E-state index in [0.717, 1.165) is 0 Å². The molecule has 0 rings (SSSR count). The zero-order valence-electron chi connectivity index (χ0n) is 5.90. The SMILES string of the molecule is O=S([O-])[O-].O=S([O-])[O-].O=S([O-])[O-].[Ce+3].[Ce+3]. The molecule has 0 aliphatic rings. The van der Waals surface area contributed by atoms with Gasteiger partial charge in [0.25, 0.3) is 0 Å². The molecule has 0 N–H and O–H groups in total. The molecule has 9 nitrogen and oxygen atoms in total. The Bertz CT molecular complexity index is 116. The molecule has 0 heterocycles. The Morgan fingerprint density at radius 1 is 0.500 bits per heavy atom. The summed E-state index contributed by atoms with van der Waals surface area (Å²) < 4.78 is 76.0. The Labute approximate surface area is 154 Å². The molecule has 14 heavy (non-hydrogen) atoms. The van der Waals surface area contributed by atoms with Crippen molar-refractivity contribution in [1.82, 2.24) is 0 Å². The molecule has 0 aliphatic carbocycles. The number of rotatable bonds is 0. The minimum Gasteiger partial charge on any atom is -0.784 e. The molecule has 0 spiro atoms. The quantitative estimate of drug-likeness (QED) is 0.299. The second-order valence-electron chi connectivity index (χ2n) is 0.612. The average molecular weight is 520 g/mol. The molecular formula is Ce2O9S3. The summed E-state index contributed by atoms with van der Waals surface area (Å²) in [6, 6.07) is 0. The Morgan fingerprint density at radius 3 is 0.500 bits per heavy atom. The first-order chi connectivity index (χ1) is 5.20. The molecule has 0 atom stereocenters. The van der Waals surface area contributed by atoms with E-state index in [1.807, 2.05) is 0 Å². The fourth-order valence-electron chi connectivity index (χ4n) is 0. The predicted octanol–water partition coefficient (Wildman–Crippen LogP) is -3.01. The van der Waals surface area contributed by atoms with Crippen molar-refractivity contribution in [2.24, 2.45) is 0 Å². The van der Waals surface area contributed by atoms with E-state index >= 15 is 0 Å². The van der Waals surface area contributed by atoms with Gasteiger partial charge >= 0.3 is 83.5 Å². The van der Waals surface area contributed by atoms with Gasteiger partial charge in [0.15, 0.2) is 0 Å². The summed E-state index contributed by atoms with van der Waals surface area (Å²) in [5.41, 5.74) is 0. The summed E-state index contributed by atoms with van der Waals surface area (Å²) in [7, 11) is 0. The van der Waals surface area contributed by atoms with Crippen LogP contribution >= 0.6 is 0 Å². The molecule has 0 fully saturated rings. The molecule has 0 aromatic rings. The van der Waals surface area contributed by atoms with Crippen LogP contribution in [-0.4, -0.2) is 39.9 Å². The van der Waals surface area contributed by atoms with E-state index < -0.39 is 34.1 Å². The molecule has 14 heteroatoms. The molecule has 0 saturated heterocycles. The van der Waals surface area contributed by atoms with Crippen LogP contribution in [0.1, 0.15) is 0 Å². The molecule has 80 valence electrons. The maximum atomic E-state index is 8.44. The van der Waals surface area contributed by atoms with Gasteiger partial charge < -0.3 is 27.3 Å². The summed E-state index contributed by atoms with van der Waals surface area (Å²) in [5, 5.41) is 0. The largest absolute Gasteiger partial charge is 3.00 e. The van der Waals surface area contributed by atoms with E-state index in [1.54, 1.807) is 0 Å². The van der Waals surface area contributed by atoms with Gasteiger partial charge in [-0.2, -0.15) is 0 Å². The molecule has 0 bridgehead atoms. The molecule has 2 radical (unpaired) electrons. The molecule has 0 aliphatic heterocycles. The topological polar surface area (TPSA) is 190 Å². The summed E-state index contributed by atoms with van der Waals surface area (Å²) in [6.45, 7) is 0. The third-order valence-electron chi connectivity index (χ3n) is 0. The van der Waals surface area contributed by atoms with Gasteiger partial charge in [-0.3, -0.25) is 12.6 Å². The van der Waals surface area contributed by atoms with Crippen LogP contribution in [0.4, 0.5) is 0 Å². The van der Waals surface area contributed by atoms with E-state index in [0.29, 0.717) is 0 Å². The summed E-state index contributed by atoms with van der Waals surface area (Å²) in [5.74, 6) is 0. The first-order valence-corrected chi connectivity index (χ1v) is 4.50. The van der Waals surface area contributed by atoms with Crippen LogP contribution in [-0.2, 0) is 34.1 Å². The van der Waals surface area contributed by atoms with Crippen LogP contribution in [0.25, 0.3) is 0 Å². The van der Waals surface area contributed by atoms with Gasteiger partial charge in [-0.1, -0.05) is 0 Å². The number of hydrogen-bond donors (Lipinski definition) is 0. The summed E-state index contributed by atoms with van der Waals surface area (Å²) >= 11 is -9.33. The van der Waals surface area contributed by atoms with Gasteiger partial charge in [-0.05, 0) is 0 Å². The molecule has 0 aromatic carbocycles. The van der Waals surface area contributed by atoms with Crippen molar-refractivity contribution < 1.29 is 123 Å². The van der Waals surface area contributed by atoms with Crippen LogP contribution in [0, 0.1) is 83.5 Å². The normalized spacial score (nSPS) is 7.50.